The SMILES string of the molecule is CC(C)Oc1cc2c(-c3cc(N4CC[S+]([O-])CC4)ncn3)n[nH]c2cn1. The molecule has 0 atom stereocenters. The first-order valence-electron chi connectivity index (χ1n) is 8.53. The maximum absolute atomic E-state index is 11.6. The summed E-state index contributed by atoms with van der Waals surface area (Å²) in [5.41, 5.74) is 2.29. The molecule has 0 unspecified atom stereocenters. The highest BCUT2D eigenvalue weighted by Crippen LogP contribution is 2.28. The zero-order valence-electron chi connectivity index (χ0n) is 14.7. The van der Waals surface area contributed by atoms with Gasteiger partial charge in [-0.15, -0.1) is 0 Å². The summed E-state index contributed by atoms with van der Waals surface area (Å²) in [6, 6.07) is 3.80. The van der Waals surface area contributed by atoms with E-state index in [0.717, 1.165) is 41.2 Å². The van der Waals surface area contributed by atoms with Crippen LogP contribution in [0.5, 0.6) is 5.88 Å². The highest BCUT2D eigenvalue weighted by molar-refractivity contribution is 7.91. The van der Waals surface area contributed by atoms with Crippen LogP contribution in [0.3, 0.4) is 0 Å². The molecule has 8 nitrogen and oxygen atoms in total. The number of rotatable bonds is 4. The van der Waals surface area contributed by atoms with Crippen LogP contribution >= 0.6 is 0 Å². The normalized spacial score (nSPS) is 15.8. The summed E-state index contributed by atoms with van der Waals surface area (Å²) in [6.07, 6.45) is 3.31. The number of fused-ring (bicyclic) bond motifs is 1. The van der Waals surface area contributed by atoms with Gasteiger partial charge in [0.15, 0.2) is 0 Å². The second kappa shape index (κ2) is 7.08. The Hall–Kier alpha value is -2.39. The summed E-state index contributed by atoms with van der Waals surface area (Å²) in [6.45, 7) is 5.40. The molecule has 3 aromatic heterocycles. The maximum atomic E-state index is 11.6. The summed E-state index contributed by atoms with van der Waals surface area (Å²) in [5.74, 6) is 2.73. The smallest absolute Gasteiger partial charge is 0.214 e. The van der Waals surface area contributed by atoms with Gasteiger partial charge < -0.3 is 14.2 Å². The largest absolute Gasteiger partial charge is 0.616 e. The lowest BCUT2D eigenvalue weighted by atomic mass is 10.2. The molecule has 26 heavy (non-hydrogen) atoms. The Bertz CT molecular complexity index is 907. The Labute approximate surface area is 154 Å². The zero-order valence-corrected chi connectivity index (χ0v) is 15.5. The van der Waals surface area contributed by atoms with Crippen molar-refractivity contribution in [2.45, 2.75) is 20.0 Å². The minimum atomic E-state index is -0.719. The molecule has 0 aliphatic carbocycles. The first kappa shape index (κ1) is 17.0. The maximum Gasteiger partial charge on any atom is 0.214 e. The van der Waals surface area contributed by atoms with Gasteiger partial charge in [-0.3, -0.25) is 5.10 Å². The monoisotopic (exact) mass is 372 g/mol. The molecule has 0 bridgehead atoms. The fraction of sp³-hybridized carbons (Fsp3) is 0.412. The van der Waals surface area contributed by atoms with Crippen LogP contribution in [-0.4, -0.2) is 60.4 Å². The van der Waals surface area contributed by atoms with Gasteiger partial charge in [0.25, 0.3) is 0 Å². The second-order valence-corrected chi connectivity index (χ2v) is 8.10. The Morgan fingerprint density at radius 1 is 1.19 bits per heavy atom. The van der Waals surface area contributed by atoms with Gasteiger partial charge in [0.1, 0.15) is 29.3 Å². The number of aromatic amines is 1. The van der Waals surface area contributed by atoms with Crippen molar-refractivity contribution in [3.63, 3.8) is 0 Å². The van der Waals surface area contributed by atoms with Crippen molar-refractivity contribution in [2.75, 3.05) is 29.5 Å². The van der Waals surface area contributed by atoms with Crippen LogP contribution in [0.2, 0.25) is 0 Å². The number of pyridine rings is 1. The summed E-state index contributed by atoms with van der Waals surface area (Å²) < 4.78 is 17.3. The van der Waals surface area contributed by atoms with Gasteiger partial charge in [-0.25, -0.2) is 15.0 Å². The molecule has 0 amide bonds. The lowest BCUT2D eigenvalue weighted by Gasteiger charge is -2.28. The molecule has 1 saturated heterocycles. The number of ether oxygens (including phenoxy) is 1. The number of aromatic nitrogens is 5. The Morgan fingerprint density at radius 3 is 2.77 bits per heavy atom. The van der Waals surface area contributed by atoms with Crippen molar-refractivity contribution in [3.05, 3.63) is 24.7 Å². The van der Waals surface area contributed by atoms with Crippen LogP contribution in [0.1, 0.15) is 13.8 Å². The van der Waals surface area contributed by atoms with Gasteiger partial charge in [0, 0.05) is 17.5 Å². The fourth-order valence-electron chi connectivity index (χ4n) is 2.92. The highest BCUT2D eigenvalue weighted by Gasteiger charge is 2.21. The van der Waals surface area contributed by atoms with Crippen LogP contribution < -0.4 is 9.64 Å². The number of hydrogen-bond donors (Lipinski definition) is 1. The van der Waals surface area contributed by atoms with Gasteiger partial charge in [0.05, 0.1) is 36.6 Å². The van der Waals surface area contributed by atoms with E-state index in [1.165, 1.54) is 0 Å². The van der Waals surface area contributed by atoms with Crippen molar-refractivity contribution in [2.24, 2.45) is 0 Å². The molecule has 136 valence electrons. The number of hydrogen-bond acceptors (Lipinski definition) is 7. The third kappa shape index (κ3) is 3.45. The number of nitrogens with zero attached hydrogens (tertiary/aromatic N) is 5. The molecule has 0 radical (unpaired) electrons. The summed E-state index contributed by atoms with van der Waals surface area (Å²) in [5, 5.41) is 8.30. The van der Waals surface area contributed by atoms with Crippen molar-refractivity contribution in [3.8, 4) is 17.3 Å². The topological polar surface area (TPSA) is 103 Å². The Balaban J connectivity index is 1.68. The molecule has 3 aromatic rings. The minimum Gasteiger partial charge on any atom is -0.616 e. The number of H-pyrrole nitrogens is 1. The van der Waals surface area contributed by atoms with E-state index in [1.54, 1.807) is 12.5 Å². The molecular formula is C17H20N6O2S. The predicted octanol–water partition coefficient (Wildman–Crippen LogP) is 1.77. The van der Waals surface area contributed by atoms with Crippen LogP contribution in [-0.2, 0) is 11.2 Å². The molecule has 1 N–H and O–H groups in total. The number of anilines is 1. The van der Waals surface area contributed by atoms with E-state index in [2.05, 4.69) is 30.0 Å². The van der Waals surface area contributed by atoms with Crippen molar-refractivity contribution >= 4 is 27.9 Å². The minimum absolute atomic E-state index is 0.0469. The van der Waals surface area contributed by atoms with Crippen molar-refractivity contribution < 1.29 is 9.29 Å². The summed E-state index contributed by atoms with van der Waals surface area (Å²) in [4.78, 5) is 15.2. The molecule has 0 saturated carbocycles. The molecule has 0 spiro atoms. The van der Waals surface area contributed by atoms with Gasteiger partial charge in [-0.05, 0) is 13.8 Å². The van der Waals surface area contributed by atoms with E-state index in [9.17, 15) is 4.55 Å². The van der Waals surface area contributed by atoms with Gasteiger partial charge in [-0.1, -0.05) is 11.2 Å². The zero-order chi connectivity index (χ0) is 18.1. The van der Waals surface area contributed by atoms with Gasteiger partial charge in [0.2, 0.25) is 5.88 Å². The first-order valence-corrected chi connectivity index (χ1v) is 10.0. The van der Waals surface area contributed by atoms with Gasteiger partial charge >= 0.3 is 0 Å². The molecule has 0 aromatic carbocycles. The molecule has 1 fully saturated rings. The van der Waals surface area contributed by atoms with Crippen LogP contribution in [0.15, 0.2) is 24.7 Å². The number of nitrogens with one attached hydrogen (secondary N) is 1. The van der Waals surface area contributed by atoms with Crippen LogP contribution in [0.25, 0.3) is 22.3 Å². The Kier molecular flexibility index (Phi) is 4.64. The molecular weight excluding hydrogens is 352 g/mol. The van der Waals surface area contributed by atoms with Crippen molar-refractivity contribution in [1.29, 1.82) is 0 Å². The molecule has 1 aliphatic rings. The third-order valence-electron chi connectivity index (χ3n) is 4.18. The van der Waals surface area contributed by atoms with E-state index in [1.807, 2.05) is 26.0 Å². The Morgan fingerprint density at radius 2 is 2.00 bits per heavy atom. The average molecular weight is 372 g/mol. The summed E-state index contributed by atoms with van der Waals surface area (Å²) >= 11 is -0.719. The van der Waals surface area contributed by atoms with E-state index in [4.69, 9.17) is 4.74 Å². The lowest BCUT2D eigenvalue weighted by Crippen LogP contribution is -2.40. The standard InChI is InChI=1S/C17H20N6O2S/c1-11(2)25-16-7-12-14(9-18-16)21-22-17(12)13-8-15(20-10-19-13)23-3-5-26(24)6-4-23/h7-11H,3-6H2,1-2H3,(H,21,22). The summed E-state index contributed by atoms with van der Waals surface area (Å²) in [7, 11) is 0. The molecule has 4 heterocycles. The highest BCUT2D eigenvalue weighted by atomic mass is 32.2. The van der Waals surface area contributed by atoms with E-state index in [0.29, 0.717) is 17.4 Å². The lowest BCUT2D eigenvalue weighted by molar-refractivity contribution is 0.233. The van der Waals surface area contributed by atoms with E-state index >= 15 is 0 Å². The predicted molar refractivity (Wildman–Crippen MR) is 101 cm³/mol. The van der Waals surface area contributed by atoms with Gasteiger partial charge in [-0.2, -0.15) is 5.10 Å². The van der Waals surface area contributed by atoms with Crippen molar-refractivity contribution in [1.82, 2.24) is 25.1 Å². The van der Waals surface area contributed by atoms with Crippen LogP contribution in [0.4, 0.5) is 5.82 Å². The molecule has 4 rings (SSSR count). The fourth-order valence-corrected chi connectivity index (χ4v) is 3.97. The molecule has 9 heteroatoms. The second-order valence-electron chi connectivity index (χ2n) is 6.40. The van der Waals surface area contributed by atoms with E-state index in [-0.39, 0.29) is 6.10 Å². The first-order chi connectivity index (χ1) is 12.6. The third-order valence-corrected chi connectivity index (χ3v) is 5.45. The average Bonchev–Trinajstić information content (AvgIpc) is 3.05. The molecule has 1 aliphatic heterocycles. The van der Waals surface area contributed by atoms with Crippen LogP contribution in [0, 0.1) is 0 Å². The van der Waals surface area contributed by atoms with E-state index < -0.39 is 11.2 Å². The quantitative estimate of drug-likeness (QED) is 0.696.